The number of benzene rings is 2. The van der Waals surface area contributed by atoms with Crippen LogP contribution in [0.15, 0.2) is 48.5 Å². The molecule has 2 unspecified atom stereocenters. The van der Waals surface area contributed by atoms with E-state index in [-0.39, 0.29) is 6.10 Å². The summed E-state index contributed by atoms with van der Waals surface area (Å²) in [5.41, 5.74) is 3.43. The van der Waals surface area contributed by atoms with Crippen molar-refractivity contribution < 1.29 is 14.6 Å². The van der Waals surface area contributed by atoms with E-state index >= 15 is 0 Å². The van der Waals surface area contributed by atoms with Crippen molar-refractivity contribution in [2.24, 2.45) is 0 Å². The van der Waals surface area contributed by atoms with Crippen molar-refractivity contribution in [3.8, 4) is 5.75 Å². The zero-order chi connectivity index (χ0) is 14.7. The van der Waals surface area contributed by atoms with Gasteiger partial charge in [-0.2, -0.15) is 0 Å². The molecule has 3 rings (SSSR count). The van der Waals surface area contributed by atoms with E-state index in [4.69, 9.17) is 9.47 Å². The number of aliphatic hydroxyl groups is 1. The standard InChI is InChI=1S/C18H20O3/c1-20-15-8-6-14(7-9-15)17(19)12-18-16-5-3-2-4-13(16)10-11-21-18/h2-9,17-19H,10-12H2,1H3. The molecule has 1 aliphatic heterocycles. The Kier molecular flexibility index (Phi) is 4.23. The van der Waals surface area contributed by atoms with Gasteiger partial charge in [-0.3, -0.25) is 0 Å². The highest BCUT2D eigenvalue weighted by molar-refractivity contribution is 5.32. The number of fused-ring (bicyclic) bond motifs is 1. The lowest BCUT2D eigenvalue weighted by molar-refractivity contribution is 0.00376. The van der Waals surface area contributed by atoms with Gasteiger partial charge >= 0.3 is 0 Å². The Morgan fingerprint density at radius 1 is 1.19 bits per heavy atom. The normalized spacial score (nSPS) is 18.9. The predicted octanol–water partition coefficient (Wildman–Crippen LogP) is 3.43. The number of hydrogen-bond acceptors (Lipinski definition) is 3. The molecule has 0 aromatic heterocycles. The molecule has 0 radical (unpaired) electrons. The minimum absolute atomic E-state index is 0.0351. The van der Waals surface area contributed by atoms with Crippen molar-refractivity contribution in [2.45, 2.75) is 25.0 Å². The van der Waals surface area contributed by atoms with Crippen molar-refractivity contribution in [3.05, 3.63) is 65.2 Å². The Morgan fingerprint density at radius 2 is 1.95 bits per heavy atom. The van der Waals surface area contributed by atoms with Gasteiger partial charge in [-0.1, -0.05) is 36.4 Å². The number of methoxy groups -OCH3 is 1. The number of hydrogen-bond donors (Lipinski definition) is 1. The SMILES string of the molecule is COc1ccc(C(O)CC2OCCc3ccccc32)cc1. The van der Waals surface area contributed by atoms with Gasteiger partial charge in [0.05, 0.1) is 25.9 Å². The van der Waals surface area contributed by atoms with E-state index in [9.17, 15) is 5.11 Å². The van der Waals surface area contributed by atoms with Crippen molar-refractivity contribution in [2.75, 3.05) is 13.7 Å². The van der Waals surface area contributed by atoms with E-state index < -0.39 is 6.10 Å². The fourth-order valence-electron chi connectivity index (χ4n) is 2.84. The maximum atomic E-state index is 10.4. The van der Waals surface area contributed by atoms with Crippen molar-refractivity contribution >= 4 is 0 Å². The van der Waals surface area contributed by atoms with Crippen LogP contribution >= 0.6 is 0 Å². The lowest BCUT2D eigenvalue weighted by Gasteiger charge is -2.27. The molecule has 3 nitrogen and oxygen atoms in total. The molecule has 0 saturated carbocycles. The quantitative estimate of drug-likeness (QED) is 0.934. The summed E-state index contributed by atoms with van der Waals surface area (Å²) in [6.45, 7) is 0.719. The predicted molar refractivity (Wildman–Crippen MR) is 81.4 cm³/mol. The van der Waals surface area contributed by atoms with Crippen LogP contribution in [0.25, 0.3) is 0 Å². The fourth-order valence-corrected chi connectivity index (χ4v) is 2.84. The second-order valence-corrected chi connectivity index (χ2v) is 5.33. The number of rotatable bonds is 4. The van der Waals surface area contributed by atoms with Crippen LogP contribution in [0.2, 0.25) is 0 Å². The van der Waals surface area contributed by atoms with E-state index in [0.29, 0.717) is 6.42 Å². The van der Waals surface area contributed by atoms with Crippen LogP contribution in [-0.4, -0.2) is 18.8 Å². The third kappa shape index (κ3) is 3.09. The average molecular weight is 284 g/mol. The first-order chi connectivity index (χ1) is 10.3. The second-order valence-electron chi connectivity index (χ2n) is 5.33. The molecular weight excluding hydrogens is 264 g/mol. The van der Waals surface area contributed by atoms with Crippen LogP contribution in [0.4, 0.5) is 0 Å². The Bertz CT molecular complexity index is 592. The van der Waals surface area contributed by atoms with Gasteiger partial charge in [0.1, 0.15) is 5.75 Å². The smallest absolute Gasteiger partial charge is 0.118 e. The summed E-state index contributed by atoms with van der Waals surface area (Å²) in [4.78, 5) is 0. The van der Waals surface area contributed by atoms with Gasteiger partial charge in [0.2, 0.25) is 0 Å². The highest BCUT2D eigenvalue weighted by Crippen LogP contribution is 2.34. The minimum Gasteiger partial charge on any atom is -0.497 e. The number of ether oxygens (including phenoxy) is 2. The van der Waals surface area contributed by atoms with Gasteiger partial charge in [0.25, 0.3) is 0 Å². The molecule has 0 saturated heterocycles. The van der Waals surface area contributed by atoms with E-state index in [1.54, 1.807) is 7.11 Å². The molecule has 3 heteroatoms. The van der Waals surface area contributed by atoms with Crippen molar-refractivity contribution in [1.82, 2.24) is 0 Å². The highest BCUT2D eigenvalue weighted by atomic mass is 16.5. The van der Waals surface area contributed by atoms with Crippen LogP contribution in [-0.2, 0) is 11.2 Å². The highest BCUT2D eigenvalue weighted by Gasteiger charge is 2.23. The van der Waals surface area contributed by atoms with Gasteiger partial charge in [0, 0.05) is 6.42 Å². The lowest BCUT2D eigenvalue weighted by Crippen LogP contribution is -2.18. The first kappa shape index (κ1) is 14.1. The van der Waals surface area contributed by atoms with Crippen LogP contribution in [0, 0.1) is 0 Å². The summed E-state index contributed by atoms with van der Waals surface area (Å²) in [6.07, 6.45) is 0.952. The van der Waals surface area contributed by atoms with Crippen LogP contribution in [0.5, 0.6) is 5.75 Å². The lowest BCUT2D eigenvalue weighted by atomic mass is 9.92. The molecule has 0 fully saturated rings. The minimum atomic E-state index is -0.535. The van der Waals surface area contributed by atoms with Gasteiger partial charge < -0.3 is 14.6 Å². The van der Waals surface area contributed by atoms with Crippen LogP contribution in [0.1, 0.15) is 35.3 Å². The molecule has 2 aromatic rings. The summed E-state index contributed by atoms with van der Waals surface area (Å²) in [7, 11) is 1.64. The van der Waals surface area contributed by atoms with Gasteiger partial charge in [-0.15, -0.1) is 0 Å². The van der Waals surface area contributed by atoms with Gasteiger partial charge in [-0.25, -0.2) is 0 Å². The topological polar surface area (TPSA) is 38.7 Å². The molecule has 110 valence electrons. The summed E-state index contributed by atoms with van der Waals surface area (Å²) in [6, 6.07) is 15.9. The summed E-state index contributed by atoms with van der Waals surface area (Å²) in [5, 5.41) is 10.4. The molecule has 0 amide bonds. The summed E-state index contributed by atoms with van der Waals surface area (Å²) < 4.78 is 11.0. The molecule has 2 atom stereocenters. The maximum Gasteiger partial charge on any atom is 0.118 e. The Balaban J connectivity index is 1.74. The first-order valence-corrected chi connectivity index (χ1v) is 7.29. The zero-order valence-electron chi connectivity index (χ0n) is 12.2. The second kappa shape index (κ2) is 6.29. The van der Waals surface area contributed by atoms with Crippen LogP contribution in [0.3, 0.4) is 0 Å². The molecule has 1 aliphatic rings. The first-order valence-electron chi connectivity index (χ1n) is 7.29. The Hall–Kier alpha value is -1.84. The monoisotopic (exact) mass is 284 g/mol. The molecule has 2 aromatic carbocycles. The van der Waals surface area contributed by atoms with Crippen molar-refractivity contribution in [3.63, 3.8) is 0 Å². The molecule has 0 bridgehead atoms. The third-order valence-corrected chi connectivity index (χ3v) is 4.03. The summed E-state index contributed by atoms with van der Waals surface area (Å²) in [5.74, 6) is 0.796. The molecule has 1 N–H and O–H groups in total. The third-order valence-electron chi connectivity index (χ3n) is 4.03. The molecular formula is C18H20O3. The van der Waals surface area contributed by atoms with Crippen LogP contribution < -0.4 is 4.74 Å². The Labute approximate surface area is 125 Å². The van der Waals surface area contributed by atoms with E-state index in [1.807, 2.05) is 30.3 Å². The maximum absolute atomic E-state index is 10.4. The summed E-state index contributed by atoms with van der Waals surface area (Å²) >= 11 is 0. The van der Waals surface area contributed by atoms with Gasteiger partial charge in [-0.05, 0) is 35.2 Å². The zero-order valence-corrected chi connectivity index (χ0v) is 12.2. The molecule has 21 heavy (non-hydrogen) atoms. The molecule has 0 aliphatic carbocycles. The van der Waals surface area contributed by atoms with Gasteiger partial charge in [0.15, 0.2) is 0 Å². The van der Waals surface area contributed by atoms with Crippen molar-refractivity contribution in [1.29, 1.82) is 0 Å². The average Bonchev–Trinajstić information content (AvgIpc) is 2.55. The largest absolute Gasteiger partial charge is 0.497 e. The van der Waals surface area contributed by atoms with E-state index in [1.165, 1.54) is 11.1 Å². The van der Waals surface area contributed by atoms with E-state index in [2.05, 4.69) is 18.2 Å². The number of aliphatic hydroxyl groups excluding tert-OH is 1. The fraction of sp³-hybridized carbons (Fsp3) is 0.333. The molecule has 1 heterocycles. The van der Waals surface area contributed by atoms with E-state index in [0.717, 1.165) is 24.3 Å². The Morgan fingerprint density at radius 3 is 2.71 bits per heavy atom. The molecule has 0 spiro atoms.